The standard InChI is InChI=1S/C7H4ClF3OS/c8-4-1-5(13-3-4)2-6(12)7(9,10)11/h1,3H,2H2. The Morgan fingerprint density at radius 1 is 1.54 bits per heavy atom. The number of hydrogen-bond acceptors (Lipinski definition) is 2. The zero-order valence-corrected chi connectivity index (χ0v) is 7.76. The lowest BCUT2D eigenvalue weighted by molar-refractivity contribution is -0.170. The van der Waals surface area contributed by atoms with E-state index in [1.54, 1.807) is 0 Å². The third-order valence-corrected chi connectivity index (χ3v) is 2.56. The molecule has 6 heteroatoms. The molecule has 0 aromatic carbocycles. The second-order valence-electron chi connectivity index (χ2n) is 2.33. The van der Waals surface area contributed by atoms with Crippen molar-refractivity contribution in [1.82, 2.24) is 0 Å². The van der Waals surface area contributed by atoms with Crippen molar-refractivity contribution in [3.63, 3.8) is 0 Å². The number of hydrogen-bond donors (Lipinski definition) is 0. The van der Waals surface area contributed by atoms with Gasteiger partial charge in [-0.1, -0.05) is 11.6 Å². The SMILES string of the molecule is O=C(Cc1cc(Cl)cs1)C(F)(F)F. The van der Waals surface area contributed by atoms with E-state index in [0.29, 0.717) is 9.90 Å². The molecule has 0 aliphatic heterocycles. The first kappa shape index (κ1) is 10.5. The molecule has 0 saturated carbocycles. The average Bonchev–Trinajstić information content (AvgIpc) is 2.33. The van der Waals surface area contributed by atoms with Crippen LogP contribution in [0, 0.1) is 0 Å². The fourth-order valence-corrected chi connectivity index (χ4v) is 1.78. The monoisotopic (exact) mass is 228 g/mol. The molecule has 1 heterocycles. The maximum absolute atomic E-state index is 11.8. The zero-order valence-electron chi connectivity index (χ0n) is 6.19. The largest absolute Gasteiger partial charge is 0.450 e. The number of ketones is 1. The number of Topliss-reactive ketones (excluding diaryl/α,β-unsaturated/α-hetero) is 1. The number of carbonyl (C=O) groups is 1. The fraction of sp³-hybridized carbons (Fsp3) is 0.286. The van der Waals surface area contributed by atoms with Crippen molar-refractivity contribution in [1.29, 1.82) is 0 Å². The van der Waals surface area contributed by atoms with Crippen molar-refractivity contribution in [3.05, 3.63) is 21.3 Å². The molecular formula is C7H4ClF3OS. The van der Waals surface area contributed by atoms with Gasteiger partial charge in [0.25, 0.3) is 0 Å². The number of rotatable bonds is 2. The van der Waals surface area contributed by atoms with Crippen LogP contribution in [0.15, 0.2) is 11.4 Å². The van der Waals surface area contributed by atoms with E-state index in [1.807, 2.05) is 0 Å². The number of thiophene rings is 1. The summed E-state index contributed by atoms with van der Waals surface area (Å²) < 4.78 is 35.3. The van der Waals surface area contributed by atoms with E-state index in [0.717, 1.165) is 11.3 Å². The Labute approximate surface area is 81.1 Å². The van der Waals surface area contributed by atoms with Gasteiger partial charge in [-0.15, -0.1) is 11.3 Å². The minimum absolute atomic E-state index is 0.326. The van der Waals surface area contributed by atoms with Gasteiger partial charge in [-0.25, -0.2) is 0 Å². The lowest BCUT2D eigenvalue weighted by Crippen LogP contribution is -2.24. The van der Waals surface area contributed by atoms with Crippen LogP contribution in [0.25, 0.3) is 0 Å². The molecule has 13 heavy (non-hydrogen) atoms. The number of halogens is 4. The fourth-order valence-electron chi connectivity index (χ4n) is 0.705. The Balaban J connectivity index is 2.65. The summed E-state index contributed by atoms with van der Waals surface area (Å²) in [6.07, 6.45) is -5.38. The van der Waals surface area contributed by atoms with Crippen LogP contribution >= 0.6 is 22.9 Å². The molecule has 0 fully saturated rings. The van der Waals surface area contributed by atoms with Gasteiger partial charge in [0.1, 0.15) is 0 Å². The van der Waals surface area contributed by atoms with Crippen LogP contribution in [-0.2, 0) is 11.2 Å². The van der Waals surface area contributed by atoms with E-state index in [9.17, 15) is 18.0 Å². The molecule has 0 N–H and O–H groups in total. The molecule has 0 amide bonds. The molecular weight excluding hydrogens is 225 g/mol. The molecule has 0 radical (unpaired) electrons. The van der Waals surface area contributed by atoms with Crippen molar-refractivity contribution in [3.8, 4) is 0 Å². The Bertz CT molecular complexity index is 318. The highest BCUT2D eigenvalue weighted by Crippen LogP contribution is 2.23. The molecule has 1 aromatic rings. The van der Waals surface area contributed by atoms with Gasteiger partial charge in [-0.2, -0.15) is 13.2 Å². The predicted molar refractivity (Wildman–Crippen MR) is 44.1 cm³/mol. The van der Waals surface area contributed by atoms with Gasteiger partial charge in [0, 0.05) is 10.3 Å². The summed E-state index contributed by atoms with van der Waals surface area (Å²) in [5.74, 6) is -1.74. The van der Waals surface area contributed by atoms with Crippen molar-refractivity contribution >= 4 is 28.7 Å². The van der Waals surface area contributed by atoms with Crippen LogP contribution in [0.1, 0.15) is 4.88 Å². The summed E-state index contributed by atoms with van der Waals surface area (Å²) in [6, 6.07) is 1.36. The van der Waals surface area contributed by atoms with Gasteiger partial charge in [0.15, 0.2) is 0 Å². The third-order valence-electron chi connectivity index (χ3n) is 1.27. The topological polar surface area (TPSA) is 17.1 Å². The molecule has 0 spiro atoms. The maximum Gasteiger partial charge on any atom is 0.450 e. The van der Waals surface area contributed by atoms with E-state index >= 15 is 0 Å². The van der Waals surface area contributed by atoms with Crippen LogP contribution in [0.4, 0.5) is 13.2 Å². The maximum atomic E-state index is 11.8. The van der Waals surface area contributed by atoms with Crippen LogP contribution in [-0.4, -0.2) is 12.0 Å². The predicted octanol–water partition coefficient (Wildman–Crippen LogP) is 3.08. The molecule has 1 aromatic heterocycles. The molecule has 0 saturated heterocycles. The second kappa shape index (κ2) is 3.67. The van der Waals surface area contributed by atoms with Crippen molar-refractivity contribution in [2.75, 3.05) is 0 Å². The summed E-state index contributed by atoms with van der Waals surface area (Å²) in [5, 5.41) is 1.84. The van der Waals surface area contributed by atoms with E-state index in [1.165, 1.54) is 11.4 Å². The van der Waals surface area contributed by atoms with Gasteiger partial charge in [0.05, 0.1) is 11.4 Å². The number of alkyl halides is 3. The van der Waals surface area contributed by atoms with Crippen LogP contribution in [0.2, 0.25) is 5.02 Å². The van der Waals surface area contributed by atoms with Crippen LogP contribution < -0.4 is 0 Å². The molecule has 1 rings (SSSR count). The van der Waals surface area contributed by atoms with Crippen LogP contribution in [0.3, 0.4) is 0 Å². The van der Waals surface area contributed by atoms with E-state index in [4.69, 9.17) is 11.6 Å². The lowest BCUT2D eigenvalue weighted by Gasteiger charge is -2.02. The molecule has 0 unspecified atom stereocenters. The van der Waals surface area contributed by atoms with Crippen molar-refractivity contribution < 1.29 is 18.0 Å². The van der Waals surface area contributed by atoms with E-state index < -0.39 is 18.4 Å². The number of carbonyl (C=O) groups excluding carboxylic acids is 1. The average molecular weight is 229 g/mol. The van der Waals surface area contributed by atoms with Gasteiger partial charge >= 0.3 is 6.18 Å². The summed E-state index contributed by atoms with van der Waals surface area (Å²) in [4.78, 5) is 10.8. The highest BCUT2D eigenvalue weighted by Gasteiger charge is 2.37. The van der Waals surface area contributed by atoms with Crippen LogP contribution in [0.5, 0.6) is 0 Å². The molecule has 72 valence electrons. The van der Waals surface area contributed by atoms with Gasteiger partial charge < -0.3 is 0 Å². The minimum atomic E-state index is -4.75. The quantitative estimate of drug-likeness (QED) is 0.760. The van der Waals surface area contributed by atoms with E-state index in [-0.39, 0.29) is 0 Å². The first-order valence-corrected chi connectivity index (χ1v) is 4.48. The smallest absolute Gasteiger partial charge is 0.289 e. The van der Waals surface area contributed by atoms with Gasteiger partial charge in [-0.3, -0.25) is 4.79 Å². The summed E-state index contributed by atoms with van der Waals surface area (Å²) in [6.45, 7) is 0. The highest BCUT2D eigenvalue weighted by molar-refractivity contribution is 7.10. The summed E-state index contributed by atoms with van der Waals surface area (Å²) >= 11 is 6.52. The first-order valence-electron chi connectivity index (χ1n) is 3.22. The highest BCUT2D eigenvalue weighted by atomic mass is 35.5. The second-order valence-corrected chi connectivity index (χ2v) is 3.76. The molecule has 0 bridgehead atoms. The molecule has 0 atom stereocenters. The van der Waals surface area contributed by atoms with E-state index in [2.05, 4.69) is 0 Å². The Hall–Kier alpha value is -0.550. The van der Waals surface area contributed by atoms with Crippen molar-refractivity contribution in [2.24, 2.45) is 0 Å². The van der Waals surface area contributed by atoms with Gasteiger partial charge in [-0.05, 0) is 6.07 Å². The Kier molecular flexibility index (Phi) is 2.98. The van der Waals surface area contributed by atoms with Crippen molar-refractivity contribution in [2.45, 2.75) is 12.6 Å². The summed E-state index contributed by atoms with van der Waals surface area (Å²) in [7, 11) is 0. The molecule has 0 aliphatic carbocycles. The molecule has 0 aliphatic rings. The third kappa shape index (κ3) is 3.00. The van der Waals surface area contributed by atoms with Gasteiger partial charge in [0.2, 0.25) is 5.78 Å². The lowest BCUT2D eigenvalue weighted by atomic mass is 10.2. The minimum Gasteiger partial charge on any atom is -0.289 e. The summed E-state index contributed by atoms with van der Waals surface area (Å²) in [5.41, 5.74) is 0. The normalized spacial score (nSPS) is 11.7. The zero-order chi connectivity index (χ0) is 10.1. The first-order chi connectivity index (χ1) is 5.89. The Morgan fingerprint density at radius 3 is 2.54 bits per heavy atom. The Morgan fingerprint density at radius 2 is 2.15 bits per heavy atom. The molecule has 1 nitrogen and oxygen atoms in total.